The molecule has 0 bridgehead atoms. The first-order valence-electron chi connectivity index (χ1n) is 7.75. The Morgan fingerprint density at radius 2 is 2.07 bits per heavy atom. The van der Waals surface area contributed by atoms with Crippen molar-refractivity contribution in [2.75, 3.05) is 7.11 Å². The summed E-state index contributed by atoms with van der Waals surface area (Å²) in [5.41, 5.74) is 1.25. The highest BCUT2D eigenvalue weighted by Crippen LogP contribution is 2.39. The Morgan fingerprint density at radius 3 is 2.63 bits per heavy atom. The van der Waals surface area contributed by atoms with E-state index >= 15 is 0 Å². The van der Waals surface area contributed by atoms with E-state index in [0.717, 1.165) is 17.4 Å². The molecule has 2 heterocycles. The minimum atomic E-state index is -2.67. The van der Waals surface area contributed by atoms with Gasteiger partial charge in [0.15, 0.2) is 0 Å². The molecule has 0 aliphatic rings. The molecule has 1 N–H and O–H groups in total. The van der Waals surface area contributed by atoms with Crippen molar-refractivity contribution in [1.82, 2.24) is 4.57 Å². The summed E-state index contributed by atoms with van der Waals surface area (Å²) in [7, 11) is 1.43. The number of fused-ring (bicyclic) bond motifs is 1. The molecule has 27 heavy (non-hydrogen) atoms. The Hall–Kier alpha value is -2.45. The number of carboxylic acid groups (broad SMARTS) is 1. The van der Waals surface area contributed by atoms with Crippen molar-refractivity contribution in [3.05, 3.63) is 50.3 Å². The van der Waals surface area contributed by atoms with Crippen LogP contribution in [0.25, 0.3) is 10.9 Å². The number of carbonyl (C=O) groups excluding carboxylic acids is 1. The van der Waals surface area contributed by atoms with Crippen LogP contribution in [-0.2, 0) is 11.2 Å². The van der Waals surface area contributed by atoms with E-state index < -0.39 is 18.3 Å². The van der Waals surface area contributed by atoms with Crippen molar-refractivity contribution in [2.24, 2.45) is 0 Å². The number of rotatable bonds is 5. The quantitative estimate of drug-likeness (QED) is 0.644. The van der Waals surface area contributed by atoms with Crippen molar-refractivity contribution in [2.45, 2.75) is 19.8 Å². The third-order valence-electron chi connectivity index (χ3n) is 4.23. The third-order valence-corrected chi connectivity index (χ3v) is 5.55. The molecule has 0 aliphatic carbocycles. The van der Waals surface area contributed by atoms with Crippen molar-refractivity contribution in [1.29, 1.82) is 0 Å². The number of ether oxygens (including phenoxy) is 1. The van der Waals surface area contributed by atoms with Gasteiger partial charge >= 0.3 is 5.97 Å². The summed E-state index contributed by atoms with van der Waals surface area (Å²) in [6, 6.07) is 4.30. The molecule has 0 fully saturated rings. The first-order valence-corrected chi connectivity index (χ1v) is 9.01. The average molecular weight is 414 g/mol. The van der Waals surface area contributed by atoms with Gasteiger partial charge in [-0.05, 0) is 30.7 Å². The SMILES string of the molecule is COc1ccc2c(c1Cl)c(CC(=O)O)c(C)n2C(=O)c1csc(C(F)F)c1. The van der Waals surface area contributed by atoms with Crippen LogP contribution in [-0.4, -0.2) is 28.7 Å². The maximum absolute atomic E-state index is 13.0. The van der Waals surface area contributed by atoms with Gasteiger partial charge in [0, 0.05) is 16.5 Å². The number of carbonyl (C=O) groups is 2. The van der Waals surface area contributed by atoms with Gasteiger partial charge in [-0.2, -0.15) is 0 Å². The highest BCUT2D eigenvalue weighted by atomic mass is 35.5. The highest BCUT2D eigenvalue weighted by Gasteiger charge is 2.25. The lowest BCUT2D eigenvalue weighted by Crippen LogP contribution is -2.13. The Balaban J connectivity index is 2.26. The zero-order chi connectivity index (χ0) is 19.9. The molecule has 5 nitrogen and oxygen atoms in total. The van der Waals surface area contributed by atoms with Gasteiger partial charge in [-0.1, -0.05) is 11.6 Å². The van der Waals surface area contributed by atoms with Gasteiger partial charge in [0.25, 0.3) is 12.3 Å². The second kappa shape index (κ2) is 7.28. The van der Waals surface area contributed by atoms with Crippen LogP contribution in [0.1, 0.15) is 32.9 Å². The Bertz CT molecular complexity index is 1060. The first kappa shape index (κ1) is 19.3. The molecular weight excluding hydrogens is 400 g/mol. The van der Waals surface area contributed by atoms with Crippen molar-refractivity contribution < 1.29 is 28.2 Å². The third kappa shape index (κ3) is 3.30. The molecule has 3 aromatic rings. The van der Waals surface area contributed by atoms with Gasteiger partial charge in [-0.15, -0.1) is 11.3 Å². The van der Waals surface area contributed by atoms with Crippen molar-refractivity contribution in [3.8, 4) is 5.75 Å². The van der Waals surface area contributed by atoms with E-state index in [1.54, 1.807) is 19.1 Å². The molecule has 3 rings (SSSR count). The molecule has 1 aromatic carbocycles. The zero-order valence-electron chi connectivity index (χ0n) is 14.3. The number of halogens is 3. The molecule has 142 valence electrons. The largest absolute Gasteiger partial charge is 0.495 e. The molecule has 0 spiro atoms. The zero-order valence-corrected chi connectivity index (χ0v) is 15.8. The molecule has 2 aromatic heterocycles. The summed E-state index contributed by atoms with van der Waals surface area (Å²) in [6.45, 7) is 1.60. The molecule has 0 unspecified atom stereocenters. The van der Waals surface area contributed by atoms with E-state index in [1.165, 1.54) is 17.1 Å². The number of methoxy groups -OCH3 is 1. The Labute approximate surface area is 161 Å². The van der Waals surface area contributed by atoms with Gasteiger partial charge in [0.05, 0.1) is 34.5 Å². The highest BCUT2D eigenvalue weighted by molar-refractivity contribution is 7.10. The van der Waals surface area contributed by atoms with E-state index in [0.29, 0.717) is 27.9 Å². The number of aromatic nitrogens is 1. The van der Waals surface area contributed by atoms with Crippen molar-refractivity contribution in [3.63, 3.8) is 0 Å². The average Bonchev–Trinajstić information content (AvgIpc) is 3.19. The predicted molar refractivity (Wildman–Crippen MR) is 98.6 cm³/mol. The van der Waals surface area contributed by atoms with Crippen LogP contribution in [0.15, 0.2) is 23.6 Å². The van der Waals surface area contributed by atoms with E-state index in [-0.39, 0.29) is 21.9 Å². The summed E-state index contributed by atoms with van der Waals surface area (Å²) in [4.78, 5) is 24.1. The minimum Gasteiger partial charge on any atom is -0.495 e. The molecular formula is C18H14ClF2NO4S. The summed E-state index contributed by atoms with van der Waals surface area (Å²) >= 11 is 7.17. The standard InChI is InChI=1S/C18H14ClF2NO4S/c1-8-10(6-14(23)24)15-11(3-4-12(26-2)16(15)19)22(8)18(25)9-5-13(17(20)21)27-7-9/h3-5,7,17H,6H2,1-2H3,(H,23,24). The Kier molecular flexibility index (Phi) is 5.21. The lowest BCUT2D eigenvalue weighted by molar-refractivity contribution is -0.136. The number of nitrogens with zero attached hydrogens (tertiary/aromatic N) is 1. The molecule has 0 radical (unpaired) electrons. The van der Waals surface area contributed by atoms with E-state index in [1.807, 2.05) is 0 Å². The fourth-order valence-corrected chi connectivity index (χ4v) is 4.09. The lowest BCUT2D eigenvalue weighted by atomic mass is 10.1. The maximum Gasteiger partial charge on any atom is 0.307 e. The van der Waals surface area contributed by atoms with Crippen LogP contribution < -0.4 is 4.74 Å². The second-order valence-corrected chi connectivity index (χ2v) is 7.11. The summed E-state index contributed by atoms with van der Waals surface area (Å²) in [6.07, 6.45) is -3.01. The van der Waals surface area contributed by atoms with Gasteiger partial charge in [0.1, 0.15) is 5.75 Å². The monoisotopic (exact) mass is 413 g/mol. The molecule has 0 saturated heterocycles. The summed E-state index contributed by atoms with van der Waals surface area (Å²) in [5.74, 6) is -1.27. The molecule has 0 amide bonds. The Morgan fingerprint density at radius 1 is 1.37 bits per heavy atom. The molecule has 0 atom stereocenters. The van der Waals surface area contributed by atoms with Gasteiger partial charge < -0.3 is 9.84 Å². The molecule has 0 saturated carbocycles. The van der Waals surface area contributed by atoms with Crippen LogP contribution in [0.5, 0.6) is 5.75 Å². The summed E-state index contributed by atoms with van der Waals surface area (Å²) < 4.78 is 32.2. The van der Waals surface area contributed by atoms with Crippen LogP contribution in [0.2, 0.25) is 5.02 Å². The van der Waals surface area contributed by atoms with Crippen LogP contribution in [0.3, 0.4) is 0 Å². The van der Waals surface area contributed by atoms with Crippen LogP contribution in [0.4, 0.5) is 8.78 Å². The number of aliphatic carboxylic acids is 1. The minimum absolute atomic E-state index is 0.101. The predicted octanol–water partition coefficient (Wildman–Crippen LogP) is 4.93. The first-order chi connectivity index (χ1) is 12.8. The number of alkyl halides is 2. The van der Waals surface area contributed by atoms with Gasteiger partial charge in [-0.3, -0.25) is 14.2 Å². The number of hydrogen-bond donors (Lipinski definition) is 1. The number of carboxylic acids is 1. The smallest absolute Gasteiger partial charge is 0.307 e. The normalized spacial score (nSPS) is 11.3. The van der Waals surface area contributed by atoms with E-state index in [2.05, 4.69) is 0 Å². The number of thiophene rings is 1. The van der Waals surface area contributed by atoms with E-state index in [9.17, 15) is 23.5 Å². The van der Waals surface area contributed by atoms with Crippen molar-refractivity contribution >= 4 is 45.7 Å². The fourth-order valence-electron chi connectivity index (χ4n) is 3.01. The van der Waals surface area contributed by atoms with Crippen LogP contribution in [0, 0.1) is 6.92 Å². The molecule has 9 heteroatoms. The lowest BCUT2D eigenvalue weighted by Gasteiger charge is -2.07. The topological polar surface area (TPSA) is 68.5 Å². The molecule has 0 aliphatic heterocycles. The number of hydrogen-bond acceptors (Lipinski definition) is 4. The maximum atomic E-state index is 13.0. The number of benzene rings is 1. The second-order valence-electron chi connectivity index (χ2n) is 5.79. The fraction of sp³-hybridized carbons (Fsp3) is 0.222. The van der Waals surface area contributed by atoms with Gasteiger partial charge in [0.2, 0.25) is 0 Å². The van der Waals surface area contributed by atoms with Crippen LogP contribution >= 0.6 is 22.9 Å². The van der Waals surface area contributed by atoms with E-state index in [4.69, 9.17) is 16.3 Å². The van der Waals surface area contributed by atoms with Gasteiger partial charge in [-0.25, -0.2) is 8.78 Å². The summed E-state index contributed by atoms with van der Waals surface area (Å²) in [5, 5.41) is 11.2.